The Kier molecular flexibility index (Phi) is 4.67. The molecule has 3 nitrogen and oxygen atoms in total. The number of hydrogen-bond donors (Lipinski definition) is 2. The molecule has 1 aromatic rings. The fourth-order valence-corrected chi connectivity index (χ4v) is 2.17. The first-order chi connectivity index (χ1) is 7.41. The number of hydrogen-bond acceptors (Lipinski definition) is 4. The summed E-state index contributed by atoms with van der Waals surface area (Å²) in [5.41, 5.74) is 0. The zero-order chi connectivity index (χ0) is 12.3. The Morgan fingerprint density at radius 2 is 1.81 bits per heavy atom. The topological polar surface area (TPSA) is 49.7 Å². The summed E-state index contributed by atoms with van der Waals surface area (Å²) >= 11 is 4.89. The summed E-state index contributed by atoms with van der Waals surface area (Å²) in [5.74, 6) is 0.829. The Morgan fingerprint density at radius 1 is 1.25 bits per heavy atom. The quantitative estimate of drug-likeness (QED) is 0.642. The van der Waals surface area contributed by atoms with Gasteiger partial charge >= 0.3 is 0 Å². The van der Waals surface area contributed by atoms with Gasteiger partial charge < -0.3 is 27.0 Å². The molecule has 0 saturated heterocycles. The van der Waals surface area contributed by atoms with E-state index in [0.29, 0.717) is 16.2 Å². The zero-order valence-corrected chi connectivity index (χ0v) is 11.6. The lowest BCUT2D eigenvalue weighted by Gasteiger charge is -2.01. The first-order valence-corrected chi connectivity index (χ1v) is 8.09. The van der Waals surface area contributed by atoms with E-state index in [1.54, 1.807) is 32.0 Å². The molecule has 1 aromatic carbocycles. The molecule has 0 bridgehead atoms. The first kappa shape index (κ1) is 13.4. The summed E-state index contributed by atoms with van der Waals surface area (Å²) in [6.07, 6.45) is 0. The molecule has 1 rings (SSSR count). The van der Waals surface area contributed by atoms with Crippen molar-refractivity contribution in [3.8, 4) is 5.75 Å². The molecule has 86 valence electrons. The lowest BCUT2D eigenvalue weighted by atomic mass is 10.2. The molecule has 0 aliphatic carbocycles. The fraction of sp³-hybridized carbons (Fsp3) is 0.200. The third-order valence-electron chi connectivity index (χ3n) is 1.96. The van der Waals surface area contributed by atoms with E-state index in [1.165, 1.54) is 0 Å². The SMILES string of the molecule is CC(O)=c1ccc(O[P+](=P)[S-])cc1=C(C)O. The number of aliphatic hydroxyl groups is 2. The molecule has 16 heavy (non-hydrogen) atoms. The van der Waals surface area contributed by atoms with Gasteiger partial charge in [0, 0.05) is 10.4 Å². The predicted octanol–water partition coefficient (Wildman–Crippen LogP) is 2.35. The van der Waals surface area contributed by atoms with Crippen LogP contribution < -0.4 is 15.0 Å². The smallest absolute Gasteiger partial charge is 0.191 e. The largest absolute Gasteiger partial charge is 0.512 e. The summed E-state index contributed by atoms with van der Waals surface area (Å²) in [5, 5.41) is 20.1. The normalized spacial score (nSPS) is 15.3. The van der Waals surface area contributed by atoms with Crippen LogP contribution in [0.2, 0.25) is 0 Å². The third-order valence-corrected chi connectivity index (χ3v) is 2.83. The lowest BCUT2D eigenvalue weighted by molar-refractivity contribution is 0.490. The van der Waals surface area contributed by atoms with Crippen LogP contribution >= 0.6 is 15.2 Å². The summed E-state index contributed by atoms with van der Waals surface area (Å²) in [4.78, 5) is 0. The molecule has 0 heterocycles. The van der Waals surface area contributed by atoms with Crippen molar-refractivity contribution in [2.75, 3.05) is 0 Å². The molecule has 0 aliphatic rings. The van der Waals surface area contributed by atoms with Crippen LogP contribution in [-0.4, -0.2) is 10.2 Å². The summed E-state index contributed by atoms with van der Waals surface area (Å²) in [6, 6.07) is 5.02. The molecule has 0 spiro atoms. The number of benzene rings is 1. The monoisotopic (exact) mass is 274 g/mol. The average Bonchev–Trinajstić information content (AvgIpc) is 2.16. The van der Waals surface area contributed by atoms with Gasteiger partial charge in [-0.25, -0.2) is 0 Å². The van der Waals surface area contributed by atoms with E-state index in [0.717, 1.165) is 0 Å². The maximum absolute atomic E-state index is 9.52. The van der Waals surface area contributed by atoms with E-state index < -0.39 is 6.64 Å². The average molecular weight is 274 g/mol. The highest BCUT2D eigenvalue weighted by atomic mass is 32.8. The van der Waals surface area contributed by atoms with Crippen molar-refractivity contribution in [3.05, 3.63) is 28.6 Å². The standard InChI is InChI=1S/C10H12O3P2S/c1-6(11)9-4-3-8(13-15(14)16)5-10(9)7(2)12/h3-5,11-12,14H,1-2H3. The second-order valence-corrected chi connectivity index (χ2v) is 7.11. The molecule has 2 N–H and O–H groups in total. The Bertz CT molecular complexity index is 531. The lowest BCUT2D eigenvalue weighted by Crippen LogP contribution is -2.28. The molecule has 0 aliphatic heterocycles. The maximum atomic E-state index is 9.52. The van der Waals surface area contributed by atoms with E-state index >= 15 is 0 Å². The van der Waals surface area contributed by atoms with Crippen molar-refractivity contribution in [2.24, 2.45) is 0 Å². The van der Waals surface area contributed by atoms with E-state index in [4.69, 9.17) is 16.8 Å². The van der Waals surface area contributed by atoms with Gasteiger partial charge in [0.25, 0.3) is 0 Å². The summed E-state index contributed by atoms with van der Waals surface area (Å²) < 4.78 is 5.32. The molecule has 1 atom stereocenters. The highest BCUT2D eigenvalue weighted by Gasteiger charge is 2.01. The minimum atomic E-state index is -1.10. The first-order valence-electron chi connectivity index (χ1n) is 4.48. The molecule has 0 fully saturated rings. The van der Waals surface area contributed by atoms with Crippen LogP contribution in [0.15, 0.2) is 18.2 Å². The summed E-state index contributed by atoms with van der Waals surface area (Å²) in [6.45, 7) is 2.01. The van der Waals surface area contributed by atoms with Crippen molar-refractivity contribution in [3.63, 3.8) is 0 Å². The van der Waals surface area contributed by atoms with Gasteiger partial charge in [0.15, 0.2) is 12.4 Å². The Hall–Kier alpha value is -0.690. The molecular formula is C10H12O3P2S. The van der Waals surface area contributed by atoms with Gasteiger partial charge in [-0.05, 0) is 32.0 Å². The highest BCUT2D eigenvalue weighted by Crippen LogP contribution is 2.27. The second kappa shape index (κ2) is 5.58. The van der Waals surface area contributed by atoms with Crippen molar-refractivity contribution in [1.82, 2.24) is 0 Å². The molecule has 0 amide bonds. The van der Waals surface area contributed by atoms with E-state index in [1.807, 2.05) is 0 Å². The highest BCUT2D eigenvalue weighted by molar-refractivity contribution is 8.39. The van der Waals surface area contributed by atoms with Gasteiger partial charge in [-0.1, -0.05) is 0 Å². The Balaban J connectivity index is 3.49. The third kappa shape index (κ3) is 3.41. The van der Waals surface area contributed by atoms with Crippen LogP contribution in [-0.2, 0) is 12.2 Å². The molecule has 6 heteroatoms. The van der Waals surface area contributed by atoms with Crippen LogP contribution in [0.25, 0.3) is 11.5 Å². The van der Waals surface area contributed by atoms with Crippen molar-refractivity contribution in [1.29, 1.82) is 0 Å². The van der Waals surface area contributed by atoms with Crippen LogP contribution in [0.4, 0.5) is 0 Å². The molecule has 0 aromatic heterocycles. The van der Waals surface area contributed by atoms with Crippen molar-refractivity contribution < 1.29 is 14.7 Å². The zero-order valence-electron chi connectivity index (χ0n) is 8.89. The van der Waals surface area contributed by atoms with Gasteiger partial charge in [-0.3, -0.25) is 0 Å². The van der Waals surface area contributed by atoms with E-state index in [-0.39, 0.29) is 11.5 Å². The molecular weight excluding hydrogens is 262 g/mol. The molecule has 0 saturated carbocycles. The van der Waals surface area contributed by atoms with Crippen LogP contribution in [0.1, 0.15) is 13.8 Å². The van der Waals surface area contributed by atoms with Crippen LogP contribution in [0, 0.1) is 0 Å². The van der Waals surface area contributed by atoms with Crippen molar-refractivity contribution in [2.45, 2.75) is 13.8 Å². The van der Waals surface area contributed by atoms with Gasteiger partial charge in [0.05, 0.1) is 11.5 Å². The Morgan fingerprint density at radius 3 is 2.25 bits per heavy atom. The number of aliphatic hydroxyl groups excluding tert-OH is 2. The van der Waals surface area contributed by atoms with Gasteiger partial charge in [0.1, 0.15) is 8.53 Å². The minimum absolute atomic E-state index is 0.122. The van der Waals surface area contributed by atoms with E-state index in [9.17, 15) is 10.2 Å². The fourth-order valence-electron chi connectivity index (χ4n) is 1.29. The van der Waals surface area contributed by atoms with Crippen molar-refractivity contribution >= 4 is 38.9 Å². The maximum Gasteiger partial charge on any atom is 0.191 e. The van der Waals surface area contributed by atoms with Crippen LogP contribution in [0.3, 0.4) is 0 Å². The van der Waals surface area contributed by atoms with Crippen LogP contribution in [0.5, 0.6) is 5.75 Å². The van der Waals surface area contributed by atoms with Gasteiger partial charge in [-0.15, -0.1) is 0 Å². The minimum Gasteiger partial charge on any atom is -0.512 e. The summed E-state index contributed by atoms with van der Waals surface area (Å²) in [7, 11) is 3.20. The van der Waals surface area contributed by atoms with Gasteiger partial charge in [-0.2, -0.15) is 0 Å². The molecule has 1 unspecified atom stereocenters. The predicted molar refractivity (Wildman–Crippen MR) is 72.3 cm³/mol. The van der Waals surface area contributed by atoms with Gasteiger partial charge in [0.2, 0.25) is 0 Å². The Labute approximate surface area is 102 Å². The second-order valence-electron chi connectivity index (χ2n) is 3.23. The molecule has 0 radical (unpaired) electrons. The number of rotatable bonds is 2. The van der Waals surface area contributed by atoms with E-state index in [2.05, 4.69) is 8.53 Å².